The second-order valence-corrected chi connectivity index (χ2v) is 4.62. The summed E-state index contributed by atoms with van der Waals surface area (Å²) in [7, 11) is 0. The molecule has 18 heavy (non-hydrogen) atoms. The van der Waals surface area contributed by atoms with Crippen LogP contribution in [0.5, 0.6) is 0 Å². The molecule has 4 heteroatoms. The predicted molar refractivity (Wildman–Crippen MR) is 72.4 cm³/mol. The van der Waals surface area contributed by atoms with Crippen molar-refractivity contribution in [2.24, 2.45) is 0 Å². The summed E-state index contributed by atoms with van der Waals surface area (Å²) in [6, 6.07) is 8.11. The number of hydrogen-bond donors (Lipinski definition) is 1. The number of anilines is 2. The van der Waals surface area contributed by atoms with Gasteiger partial charge in [0.05, 0.1) is 0 Å². The first-order chi connectivity index (χ1) is 8.74. The first-order valence-electron chi connectivity index (χ1n) is 6.15. The fourth-order valence-electron chi connectivity index (χ4n) is 2.42. The zero-order valence-corrected chi connectivity index (χ0v) is 10.4. The highest BCUT2D eigenvalue weighted by Gasteiger charge is 2.19. The van der Waals surface area contributed by atoms with Gasteiger partial charge >= 0.3 is 0 Å². The van der Waals surface area contributed by atoms with Crippen LogP contribution in [0.4, 0.5) is 11.5 Å². The van der Waals surface area contributed by atoms with Crippen molar-refractivity contribution in [2.75, 3.05) is 17.2 Å². The Morgan fingerprint density at radius 2 is 2.17 bits per heavy atom. The van der Waals surface area contributed by atoms with Gasteiger partial charge in [0.25, 0.3) is 0 Å². The number of fused-ring (bicyclic) bond motifs is 1. The van der Waals surface area contributed by atoms with Gasteiger partial charge in [-0.05, 0) is 36.6 Å². The van der Waals surface area contributed by atoms with Crippen molar-refractivity contribution in [3.8, 4) is 0 Å². The van der Waals surface area contributed by atoms with E-state index >= 15 is 0 Å². The SMILES string of the molecule is Cc1nccc(N2CCc3cccc(N)c3C2)n1. The number of hydrogen-bond acceptors (Lipinski definition) is 4. The molecule has 0 unspecified atom stereocenters. The molecule has 0 atom stereocenters. The van der Waals surface area contributed by atoms with E-state index in [-0.39, 0.29) is 0 Å². The molecule has 1 aliphatic heterocycles. The summed E-state index contributed by atoms with van der Waals surface area (Å²) in [6.07, 6.45) is 2.82. The van der Waals surface area contributed by atoms with Gasteiger partial charge in [0.2, 0.25) is 0 Å². The molecule has 0 bridgehead atoms. The quantitative estimate of drug-likeness (QED) is 0.774. The summed E-state index contributed by atoms with van der Waals surface area (Å²) in [5, 5.41) is 0. The molecule has 2 heterocycles. The number of nitrogens with two attached hydrogens (primary N) is 1. The van der Waals surface area contributed by atoms with Crippen LogP contribution in [-0.4, -0.2) is 16.5 Å². The van der Waals surface area contributed by atoms with Crippen LogP contribution in [0.2, 0.25) is 0 Å². The van der Waals surface area contributed by atoms with Gasteiger partial charge in [0.1, 0.15) is 11.6 Å². The van der Waals surface area contributed by atoms with Crippen molar-refractivity contribution in [1.82, 2.24) is 9.97 Å². The molecule has 3 rings (SSSR count). The van der Waals surface area contributed by atoms with E-state index in [0.29, 0.717) is 0 Å². The molecule has 2 N–H and O–H groups in total. The van der Waals surface area contributed by atoms with Crippen molar-refractivity contribution in [3.05, 3.63) is 47.4 Å². The van der Waals surface area contributed by atoms with Crippen LogP contribution < -0.4 is 10.6 Å². The van der Waals surface area contributed by atoms with E-state index in [1.807, 2.05) is 31.3 Å². The predicted octanol–water partition coefficient (Wildman–Crippen LogP) is 1.93. The third kappa shape index (κ3) is 1.90. The van der Waals surface area contributed by atoms with Crippen LogP contribution in [-0.2, 0) is 13.0 Å². The Bertz CT molecular complexity index is 580. The standard InChI is InChI=1S/C14H16N4/c1-10-16-7-5-14(17-10)18-8-6-11-3-2-4-13(15)12(11)9-18/h2-5,7H,6,8-9,15H2,1H3. The lowest BCUT2D eigenvalue weighted by atomic mass is 9.98. The minimum atomic E-state index is 0.805. The molecule has 0 saturated carbocycles. The molecule has 0 fully saturated rings. The number of nitrogen functional groups attached to an aromatic ring is 1. The van der Waals surface area contributed by atoms with Crippen molar-refractivity contribution in [2.45, 2.75) is 19.9 Å². The molecule has 0 spiro atoms. The maximum Gasteiger partial charge on any atom is 0.132 e. The van der Waals surface area contributed by atoms with Crippen LogP contribution in [0.1, 0.15) is 17.0 Å². The van der Waals surface area contributed by atoms with Gasteiger partial charge in [-0.3, -0.25) is 0 Å². The number of nitrogens with zero attached hydrogens (tertiary/aromatic N) is 3. The minimum absolute atomic E-state index is 0.805. The van der Waals surface area contributed by atoms with Crippen LogP contribution in [0, 0.1) is 6.92 Å². The zero-order chi connectivity index (χ0) is 12.5. The van der Waals surface area contributed by atoms with Gasteiger partial charge in [0.15, 0.2) is 0 Å². The summed E-state index contributed by atoms with van der Waals surface area (Å²) in [6.45, 7) is 3.72. The molecule has 0 aliphatic carbocycles. The molecule has 0 amide bonds. The maximum absolute atomic E-state index is 6.05. The fourth-order valence-corrected chi connectivity index (χ4v) is 2.42. The van der Waals surface area contributed by atoms with Gasteiger partial charge in [-0.25, -0.2) is 9.97 Å². The van der Waals surface area contributed by atoms with Gasteiger partial charge in [-0.1, -0.05) is 12.1 Å². The second-order valence-electron chi connectivity index (χ2n) is 4.62. The largest absolute Gasteiger partial charge is 0.398 e. The highest BCUT2D eigenvalue weighted by molar-refractivity contribution is 5.55. The molecule has 92 valence electrons. The summed E-state index contributed by atoms with van der Waals surface area (Å²) in [5.74, 6) is 1.79. The van der Waals surface area contributed by atoms with E-state index in [4.69, 9.17) is 5.73 Å². The molecule has 1 aromatic heterocycles. The third-order valence-electron chi connectivity index (χ3n) is 3.39. The van der Waals surface area contributed by atoms with Crippen LogP contribution in [0.15, 0.2) is 30.5 Å². The monoisotopic (exact) mass is 240 g/mol. The number of aromatic nitrogens is 2. The molecule has 1 aliphatic rings. The molecule has 0 saturated heterocycles. The molecular weight excluding hydrogens is 224 g/mol. The van der Waals surface area contributed by atoms with Crippen LogP contribution in [0.25, 0.3) is 0 Å². The first kappa shape index (κ1) is 11.0. The zero-order valence-electron chi connectivity index (χ0n) is 10.4. The van der Waals surface area contributed by atoms with E-state index in [9.17, 15) is 0 Å². The lowest BCUT2D eigenvalue weighted by Crippen LogP contribution is -2.31. The topological polar surface area (TPSA) is 55.0 Å². The summed E-state index contributed by atoms with van der Waals surface area (Å²) >= 11 is 0. The fraction of sp³-hybridized carbons (Fsp3) is 0.286. The van der Waals surface area contributed by atoms with Gasteiger partial charge in [0, 0.05) is 25.0 Å². The Labute approximate surface area is 106 Å². The van der Waals surface area contributed by atoms with Gasteiger partial charge in [-0.15, -0.1) is 0 Å². The van der Waals surface area contributed by atoms with Crippen molar-refractivity contribution < 1.29 is 0 Å². The van der Waals surface area contributed by atoms with E-state index in [1.165, 1.54) is 11.1 Å². The Morgan fingerprint density at radius 1 is 1.28 bits per heavy atom. The lowest BCUT2D eigenvalue weighted by Gasteiger charge is -2.30. The second kappa shape index (κ2) is 4.29. The summed E-state index contributed by atoms with van der Waals surface area (Å²) in [5.41, 5.74) is 9.52. The van der Waals surface area contributed by atoms with Crippen molar-refractivity contribution >= 4 is 11.5 Å². The average molecular weight is 240 g/mol. The molecule has 2 aromatic rings. The molecule has 0 radical (unpaired) electrons. The van der Waals surface area contributed by atoms with E-state index in [0.717, 1.165) is 36.8 Å². The molecule has 4 nitrogen and oxygen atoms in total. The summed E-state index contributed by atoms with van der Waals surface area (Å²) < 4.78 is 0. The van der Waals surface area contributed by atoms with E-state index in [1.54, 1.807) is 0 Å². The minimum Gasteiger partial charge on any atom is -0.398 e. The number of benzene rings is 1. The third-order valence-corrected chi connectivity index (χ3v) is 3.39. The smallest absolute Gasteiger partial charge is 0.132 e. The Morgan fingerprint density at radius 3 is 3.00 bits per heavy atom. The Balaban J connectivity index is 1.93. The lowest BCUT2D eigenvalue weighted by molar-refractivity contribution is 0.718. The van der Waals surface area contributed by atoms with Gasteiger partial charge < -0.3 is 10.6 Å². The van der Waals surface area contributed by atoms with Crippen LogP contribution in [0.3, 0.4) is 0 Å². The number of aryl methyl sites for hydroxylation is 1. The summed E-state index contributed by atoms with van der Waals surface area (Å²) in [4.78, 5) is 10.9. The first-order valence-corrected chi connectivity index (χ1v) is 6.15. The number of rotatable bonds is 1. The van der Waals surface area contributed by atoms with E-state index < -0.39 is 0 Å². The van der Waals surface area contributed by atoms with Crippen LogP contribution >= 0.6 is 0 Å². The Hall–Kier alpha value is -2.10. The highest BCUT2D eigenvalue weighted by Crippen LogP contribution is 2.26. The molecular formula is C14H16N4. The highest BCUT2D eigenvalue weighted by atomic mass is 15.2. The average Bonchev–Trinajstić information content (AvgIpc) is 2.39. The van der Waals surface area contributed by atoms with Gasteiger partial charge in [-0.2, -0.15) is 0 Å². The van der Waals surface area contributed by atoms with Crippen molar-refractivity contribution in [3.63, 3.8) is 0 Å². The normalized spacial score (nSPS) is 14.4. The van der Waals surface area contributed by atoms with E-state index in [2.05, 4.69) is 20.9 Å². The molecule has 1 aromatic carbocycles. The maximum atomic E-state index is 6.05. The van der Waals surface area contributed by atoms with Crippen molar-refractivity contribution in [1.29, 1.82) is 0 Å². The Kier molecular flexibility index (Phi) is 2.63.